The monoisotopic (exact) mass is 354 g/mol. The molecule has 0 atom stereocenters. The minimum absolute atomic E-state index is 0.225. The highest BCUT2D eigenvalue weighted by Crippen LogP contribution is 2.13. The summed E-state index contributed by atoms with van der Waals surface area (Å²) in [6.45, 7) is 2.81. The van der Waals surface area contributed by atoms with Gasteiger partial charge in [-0.15, -0.1) is 0 Å². The number of aliphatic imine (C=N–C) groups is 1. The van der Waals surface area contributed by atoms with Gasteiger partial charge >= 0.3 is 0 Å². The van der Waals surface area contributed by atoms with Crippen molar-refractivity contribution in [3.63, 3.8) is 0 Å². The summed E-state index contributed by atoms with van der Waals surface area (Å²) >= 11 is 0. The van der Waals surface area contributed by atoms with E-state index in [9.17, 15) is 8.42 Å². The summed E-state index contributed by atoms with van der Waals surface area (Å²) in [5.41, 5.74) is 6.84. The van der Waals surface area contributed by atoms with Crippen LogP contribution in [0.2, 0.25) is 0 Å². The van der Waals surface area contributed by atoms with Crippen LogP contribution in [0.1, 0.15) is 24.8 Å². The largest absolute Gasteiger partial charge is 0.383 e. The summed E-state index contributed by atoms with van der Waals surface area (Å²) in [5.74, 6) is 0.529. The topological polar surface area (TPSA) is 97.0 Å². The van der Waals surface area contributed by atoms with E-state index in [1.54, 1.807) is 18.2 Å². The van der Waals surface area contributed by atoms with Gasteiger partial charge in [0.2, 0.25) is 10.0 Å². The predicted octanol–water partition coefficient (Wildman–Crippen LogP) is 0.912. The molecule has 0 bridgehead atoms. The first-order chi connectivity index (χ1) is 11.5. The normalized spacial score (nSPS) is 16.4. The Balaban J connectivity index is 2.01. The van der Waals surface area contributed by atoms with Gasteiger partial charge in [0.15, 0.2) is 5.96 Å². The number of nitrogens with zero attached hydrogens (tertiary/aromatic N) is 2. The molecule has 7 nitrogen and oxygen atoms in total. The molecular weight excluding hydrogens is 328 g/mol. The van der Waals surface area contributed by atoms with Crippen molar-refractivity contribution in [3.8, 4) is 0 Å². The molecule has 1 fully saturated rings. The molecule has 8 heteroatoms. The number of hydrogen-bond donors (Lipinski definition) is 2. The molecule has 1 aromatic carbocycles. The molecule has 1 aliphatic rings. The number of piperidine rings is 1. The van der Waals surface area contributed by atoms with Gasteiger partial charge in [-0.2, -0.15) is 0 Å². The number of guanidine groups is 1. The van der Waals surface area contributed by atoms with Crippen molar-refractivity contribution in [1.29, 1.82) is 0 Å². The Morgan fingerprint density at radius 3 is 2.79 bits per heavy atom. The molecule has 1 aliphatic heterocycles. The smallest absolute Gasteiger partial charge is 0.240 e. The molecule has 24 heavy (non-hydrogen) atoms. The van der Waals surface area contributed by atoms with Crippen LogP contribution in [-0.4, -0.2) is 52.6 Å². The standard InChI is InChI=1S/C16H26N4O3S/c1-23-11-8-19-24(21,22)15-7-5-6-14(12-15)13-18-16(17)20-9-3-2-4-10-20/h5-7,12,19H,2-4,8-11,13H2,1H3,(H2,17,18). The van der Waals surface area contributed by atoms with Crippen molar-refractivity contribution in [1.82, 2.24) is 9.62 Å². The van der Waals surface area contributed by atoms with Gasteiger partial charge in [0.05, 0.1) is 18.0 Å². The van der Waals surface area contributed by atoms with Gasteiger partial charge in [-0.25, -0.2) is 18.1 Å². The highest BCUT2D eigenvalue weighted by Gasteiger charge is 2.14. The second kappa shape index (κ2) is 9.00. The summed E-state index contributed by atoms with van der Waals surface area (Å²) < 4.78 is 31.8. The maximum atomic E-state index is 12.2. The summed E-state index contributed by atoms with van der Waals surface area (Å²) in [6, 6.07) is 6.76. The molecule has 2 rings (SSSR count). The first-order valence-electron chi connectivity index (χ1n) is 8.15. The number of ether oxygens (including phenoxy) is 1. The maximum absolute atomic E-state index is 12.2. The lowest BCUT2D eigenvalue weighted by molar-refractivity contribution is 0.204. The molecule has 0 aliphatic carbocycles. The molecule has 1 saturated heterocycles. The van der Waals surface area contributed by atoms with Crippen molar-refractivity contribution < 1.29 is 13.2 Å². The van der Waals surface area contributed by atoms with Gasteiger partial charge in [-0.3, -0.25) is 0 Å². The highest BCUT2D eigenvalue weighted by atomic mass is 32.2. The van der Waals surface area contributed by atoms with Crippen molar-refractivity contribution in [2.45, 2.75) is 30.7 Å². The van der Waals surface area contributed by atoms with Crippen LogP contribution >= 0.6 is 0 Å². The van der Waals surface area contributed by atoms with Crippen LogP contribution in [0.15, 0.2) is 34.2 Å². The maximum Gasteiger partial charge on any atom is 0.240 e. The number of hydrogen-bond acceptors (Lipinski definition) is 4. The molecule has 0 radical (unpaired) electrons. The Hall–Kier alpha value is -1.64. The third-order valence-corrected chi connectivity index (χ3v) is 5.37. The Bertz CT molecular complexity index is 655. The lowest BCUT2D eigenvalue weighted by atomic mass is 10.1. The summed E-state index contributed by atoms with van der Waals surface area (Å²) in [7, 11) is -2.01. The van der Waals surface area contributed by atoms with Crippen molar-refractivity contribution >= 4 is 16.0 Å². The van der Waals surface area contributed by atoms with Gasteiger partial charge in [-0.05, 0) is 37.0 Å². The minimum Gasteiger partial charge on any atom is -0.383 e. The van der Waals surface area contributed by atoms with Crippen LogP contribution in [0.4, 0.5) is 0 Å². The fraction of sp³-hybridized carbons (Fsp3) is 0.562. The lowest BCUT2D eigenvalue weighted by Gasteiger charge is -2.27. The predicted molar refractivity (Wildman–Crippen MR) is 94.3 cm³/mol. The van der Waals surface area contributed by atoms with E-state index in [-0.39, 0.29) is 11.4 Å². The van der Waals surface area contributed by atoms with Crippen LogP contribution < -0.4 is 10.5 Å². The van der Waals surface area contributed by atoms with Gasteiger partial charge in [0.25, 0.3) is 0 Å². The molecule has 0 amide bonds. The summed E-state index contributed by atoms with van der Waals surface area (Å²) in [5, 5.41) is 0. The first kappa shape index (κ1) is 18.7. The van der Waals surface area contributed by atoms with Crippen LogP contribution in [0.5, 0.6) is 0 Å². The Kier molecular flexibility index (Phi) is 7.01. The molecule has 3 N–H and O–H groups in total. The van der Waals surface area contributed by atoms with Crippen LogP contribution in [0.3, 0.4) is 0 Å². The van der Waals surface area contributed by atoms with E-state index in [0.29, 0.717) is 19.1 Å². The van der Waals surface area contributed by atoms with Crippen LogP contribution in [0.25, 0.3) is 0 Å². The fourth-order valence-corrected chi connectivity index (χ4v) is 3.65. The summed E-state index contributed by atoms with van der Waals surface area (Å²) in [6.07, 6.45) is 3.51. The fourth-order valence-electron chi connectivity index (χ4n) is 2.57. The van der Waals surface area contributed by atoms with E-state index < -0.39 is 10.0 Å². The van der Waals surface area contributed by atoms with E-state index in [1.807, 2.05) is 6.07 Å². The second-order valence-corrected chi connectivity index (χ2v) is 7.53. The van der Waals surface area contributed by atoms with E-state index >= 15 is 0 Å². The number of likely N-dealkylation sites (tertiary alicyclic amines) is 1. The number of sulfonamides is 1. The number of nitrogens with one attached hydrogen (secondary N) is 1. The number of benzene rings is 1. The van der Waals surface area contributed by atoms with Crippen molar-refractivity contribution in [2.75, 3.05) is 33.4 Å². The van der Waals surface area contributed by atoms with Gasteiger partial charge in [0.1, 0.15) is 0 Å². The molecule has 134 valence electrons. The molecule has 0 saturated carbocycles. The van der Waals surface area contributed by atoms with Crippen molar-refractivity contribution in [2.24, 2.45) is 10.7 Å². The molecule has 0 unspecified atom stereocenters. The van der Waals surface area contributed by atoms with E-state index in [2.05, 4.69) is 14.6 Å². The SMILES string of the molecule is COCCNS(=O)(=O)c1cccc(CN=C(N)N2CCCCC2)c1. The third-order valence-electron chi connectivity index (χ3n) is 3.91. The zero-order valence-electron chi connectivity index (χ0n) is 14.1. The highest BCUT2D eigenvalue weighted by molar-refractivity contribution is 7.89. The first-order valence-corrected chi connectivity index (χ1v) is 9.63. The minimum atomic E-state index is -3.53. The van der Waals surface area contributed by atoms with Crippen LogP contribution in [0, 0.1) is 0 Å². The van der Waals surface area contributed by atoms with Crippen LogP contribution in [-0.2, 0) is 21.3 Å². The average Bonchev–Trinajstić information content (AvgIpc) is 2.61. The van der Waals surface area contributed by atoms with Crippen molar-refractivity contribution in [3.05, 3.63) is 29.8 Å². The van der Waals surface area contributed by atoms with E-state index in [1.165, 1.54) is 13.5 Å². The molecule has 1 heterocycles. The average molecular weight is 354 g/mol. The molecule has 1 aromatic rings. The third kappa shape index (κ3) is 5.47. The van der Waals surface area contributed by atoms with E-state index in [0.717, 1.165) is 31.5 Å². The summed E-state index contributed by atoms with van der Waals surface area (Å²) in [4.78, 5) is 6.71. The Morgan fingerprint density at radius 2 is 2.08 bits per heavy atom. The quantitative estimate of drug-likeness (QED) is 0.431. The number of rotatable bonds is 7. The molecule has 0 spiro atoms. The van der Waals surface area contributed by atoms with Gasteiger partial charge in [0, 0.05) is 26.7 Å². The lowest BCUT2D eigenvalue weighted by Crippen LogP contribution is -2.40. The zero-order chi connectivity index (χ0) is 17.4. The zero-order valence-corrected chi connectivity index (χ0v) is 14.9. The van der Waals surface area contributed by atoms with Gasteiger partial charge < -0.3 is 15.4 Å². The van der Waals surface area contributed by atoms with Gasteiger partial charge in [-0.1, -0.05) is 12.1 Å². The number of nitrogens with two attached hydrogens (primary N) is 1. The molecular formula is C16H26N4O3S. The Labute approximate surface area is 143 Å². The van der Waals surface area contributed by atoms with E-state index in [4.69, 9.17) is 10.5 Å². The Morgan fingerprint density at radius 1 is 1.33 bits per heavy atom. The molecule has 0 aromatic heterocycles. The second-order valence-electron chi connectivity index (χ2n) is 5.76. The number of methoxy groups -OCH3 is 1.